The summed E-state index contributed by atoms with van der Waals surface area (Å²) >= 11 is 0. The van der Waals surface area contributed by atoms with Crippen LogP contribution in [0.15, 0.2) is 53.4 Å². The zero-order valence-corrected chi connectivity index (χ0v) is 16.8. The van der Waals surface area contributed by atoms with Crippen LogP contribution < -0.4 is 5.73 Å². The number of sulfonamides is 1. The van der Waals surface area contributed by atoms with Gasteiger partial charge in [0.25, 0.3) is 0 Å². The number of carbonyl (C=O) groups is 1. The highest BCUT2D eigenvalue weighted by Gasteiger charge is 2.39. The second-order valence-corrected chi connectivity index (χ2v) is 8.38. The normalized spacial score (nSPS) is 20.1. The molecule has 27 heavy (non-hydrogen) atoms. The van der Waals surface area contributed by atoms with Crippen molar-refractivity contribution >= 4 is 28.4 Å². The van der Waals surface area contributed by atoms with E-state index < -0.39 is 16.0 Å². The van der Waals surface area contributed by atoms with E-state index in [1.807, 2.05) is 30.3 Å². The number of benzene rings is 2. The summed E-state index contributed by atoms with van der Waals surface area (Å²) < 4.78 is 32.4. The van der Waals surface area contributed by atoms with E-state index in [1.54, 1.807) is 19.1 Å². The standard InChI is InChI=1S/C19H22N2O4S.ClH/c1-13-8-9-15(19(22)25-2)10-18(13)26(23,24)21-11-16(17(20)12-21)14-6-4-3-5-7-14;/h3-10,16-17H,11-12,20H2,1-2H3;1H/t16-,17+;/m0./s1. The lowest BCUT2D eigenvalue weighted by Gasteiger charge is -2.18. The highest BCUT2D eigenvalue weighted by molar-refractivity contribution is 7.89. The number of aryl methyl sites for hydroxylation is 1. The molecule has 3 rings (SSSR count). The predicted octanol–water partition coefficient (Wildman–Crippen LogP) is 2.32. The van der Waals surface area contributed by atoms with Crippen molar-refractivity contribution in [1.29, 1.82) is 0 Å². The molecule has 1 saturated heterocycles. The van der Waals surface area contributed by atoms with Gasteiger partial charge in [-0.3, -0.25) is 0 Å². The number of halogens is 1. The van der Waals surface area contributed by atoms with E-state index in [1.165, 1.54) is 17.5 Å². The van der Waals surface area contributed by atoms with E-state index in [9.17, 15) is 13.2 Å². The van der Waals surface area contributed by atoms with E-state index >= 15 is 0 Å². The summed E-state index contributed by atoms with van der Waals surface area (Å²) in [6, 6.07) is 13.9. The van der Waals surface area contributed by atoms with Crippen molar-refractivity contribution in [2.24, 2.45) is 5.73 Å². The highest BCUT2D eigenvalue weighted by Crippen LogP contribution is 2.31. The molecule has 0 aliphatic carbocycles. The Balaban J connectivity index is 0.00000261. The molecule has 1 fully saturated rings. The summed E-state index contributed by atoms with van der Waals surface area (Å²) in [5.74, 6) is -0.628. The van der Waals surface area contributed by atoms with E-state index in [-0.39, 0.29) is 41.4 Å². The molecule has 2 atom stereocenters. The number of esters is 1. The maximum Gasteiger partial charge on any atom is 0.337 e. The number of carbonyl (C=O) groups excluding carboxylic acids is 1. The molecular formula is C19H23ClN2O4S. The van der Waals surface area contributed by atoms with E-state index in [4.69, 9.17) is 10.5 Å². The van der Waals surface area contributed by atoms with Crippen LogP contribution in [0, 0.1) is 6.92 Å². The Morgan fingerprint density at radius 1 is 1.15 bits per heavy atom. The SMILES string of the molecule is COC(=O)c1ccc(C)c(S(=O)(=O)N2C[C@@H](N)[C@H](c3ccccc3)C2)c1.Cl. The van der Waals surface area contributed by atoms with Crippen molar-refractivity contribution in [2.75, 3.05) is 20.2 Å². The fourth-order valence-electron chi connectivity index (χ4n) is 3.30. The van der Waals surface area contributed by atoms with Crippen LogP contribution >= 0.6 is 12.4 Å². The van der Waals surface area contributed by atoms with Crippen molar-refractivity contribution in [3.8, 4) is 0 Å². The van der Waals surface area contributed by atoms with Crippen LogP contribution in [0.1, 0.15) is 27.4 Å². The number of nitrogens with zero attached hydrogens (tertiary/aromatic N) is 1. The Bertz CT molecular complexity index is 919. The summed E-state index contributed by atoms with van der Waals surface area (Å²) in [6.07, 6.45) is 0. The van der Waals surface area contributed by atoms with Gasteiger partial charge in [0.2, 0.25) is 10.0 Å². The summed E-state index contributed by atoms with van der Waals surface area (Å²) in [4.78, 5) is 11.9. The molecule has 6 nitrogen and oxygen atoms in total. The number of ether oxygens (including phenoxy) is 1. The first kappa shape index (κ1) is 21.4. The first-order valence-corrected chi connectivity index (χ1v) is 9.78. The monoisotopic (exact) mass is 410 g/mol. The average molecular weight is 411 g/mol. The van der Waals surface area contributed by atoms with Crippen LogP contribution in [-0.2, 0) is 14.8 Å². The van der Waals surface area contributed by atoms with Crippen LogP contribution in [0.3, 0.4) is 0 Å². The van der Waals surface area contributed by atoms with Crippen molar-refractivity contribution < 1.29 is 17.9 Å². The summed E-state index contributed by atoms with van der Waals surface area (Å²) in [5, 5.41) is 0. The third kappa shape index (κ3) is 4.16. The quantitative estimate of drug-likeness (QED) is 0.781. The molecule has 1 aliphatic rings. The van der Waals surface area contributed by atoms with Gasteiger partial charge in [-0.1, -0.05) is 36.4 Å². The topological polar surface area (TPSA) is 89.7 Å². The molecule has 0 aromatic heterocycles. The highest BCUT2D eigenvalue weighted by atomic mass is 35.5. The van der Waals surface area contributed by atoms with E-state index in [2.05, 4.69) is 0 Å². The maximum atomic E-state index is 13.2. The molecule has 2 aromatic rings. The van der Waals surface area contributed by atoms with Crippen LogP contribution in [0.4, 0.5) is 0 Å². The number of hydrogen-bond acceptors (Lipinski definition) is 5. The Morgan fingerprint density at radius 2 is 1.81 bits per heavy atom. The second kappa shape index (κ2) is 8.39. The van der Waals surface area contributed by atoms with Gasteiger partial charge in [0.05, 0.1) is 17.6 Å². The number of hydrogen-bond donors (Lipinski definition) is 1. The Labute approximate surface area is 165 Å². The van der Waals surface area contributed by atoms with Gasteiger partial charge in [0, 0.05) is 25.0 Å². The van der Waals surface area contributed by atoms with Gasteiger partial charge in [-0.2, -0.15) is 4.31 Å². The molecule has 1 heterocycles. The first-order chi connectivity index (χ1) is 12.3. The zero-order chi connectivity index (χ0) is 18.9. The lowest BCUT2D eigenvalue weighted by molar-refractivity contribution is 0.0600. The molecule has 0 amide bonds. The summed E-state index contributed by atoms with van der Waals surface area (Å²) in [6.45, 7) is 2.26. The lowest BCUT2D eigenvalue weighted by Crippen LogP contribution is -2.32. The Kier molecular flexibility index (Phi) is 6.64. The summed E-state index contributed by atoms with van der Waals surface area (Å²) in [5.41, 5.74) is 8.05. The summed E-state index contributed by atoms with van der Waals surface area (Å²) in [7, 11) is -2.50. The molecule has 8 heteroatoms. The van der Waals surface area contributed by atoms with Gasteiger partial charge in [0.1, 0.15) is 0 Å². The smallest absolute Gasteiger partial charge is 0.337 e. The fraction of sp³-hybridized carbons (Fsp3) is 0.316. The second-order valence-electron chi connectivity index (χ2n) is 6.47. The number of nitrogens with two attached hydrogens (primary N) is 1. The van der Waals surface area contributed by atoms with E-state index in [0.717, 1.165) is 5.56 Å². The molecule has 0 radical (unpaired) electrons. The molecule has 0 saturated carbocycles. The largest absolute Gasteiger partial charge is 0.465 e. The zero-order valence-electron chi connectivity index (χ0n) is 15.2. The molecule has 0 bridgehead atoms. The maximum absolute atomic E-state index is 13.2. The molecule has 146 valence electrons. The van der Waals surface area contributed by atoms with Crippen molar-refractivity contribution in [3.05, 3.63) is 65.2 Å². The Hall–Kier alpha value is -1.93. The van der Waals surface area contributed by atoms with Gasteiger partial charge in [-0.15, -0.1) is 12.4 Å². The van der Waals surface area contributed by atoms with Gasteiger partial charge >= 0.3 is 5.97 Å². The molecular weight excluding hydrogens is 388 g/mol. The minimum Gasteiger partial charge on any atom is -0.465 e. The van der Waals surface area contributed by atoms with Gasteiger partial charge in [-0.25, -0.2) is 13.2 Å². The van der Waals surface area contributed by atoms with Crippen LogP contribution in [0.25, 0.3) is 0 Å². The number of methoxy groups -OCH3 is 1. The van der Waals surface area contributed by atoms with Crippen LogP contribution in [0.5, 0.6) is 0 Å². The minimum atomic E-state index is -3.76. The lowest BCUT2D eigenvalue weighted by atomic mass is 9.95. The third-order valence-corrected chi connectivity index (χ3v) is 6.76. The van der Waals surface area contributed by atoms with Gasteiger partial charge in [-0.05, 0) is 30.2 Å². The van der Waals surface area contributed by atoms with Crippen molar-refractivity contribution in [1.82, 2.24) is 4.31 Å². The van der Waals surface area contributed by atoms with Crippen molar-refractivity contribution in [2.45, 2.75) is 23.8 Å². The molecule has 0 spiro atoms. The van der Waals surface area contributed by atoms with Crippen LogP contribution in [-0.4, -0.2) is 44.9 Å². The Morgan fingerprint density at radius 3 is 2.44 bits per heavy atom. The first-order valence-electron chi connectivity index (χ1n) is 8.34. The average Bonchev–Trinajstić information content (AvgIpc) is 3.04. The van der Waals surface area contributed by atoms with Crippen LogP contribution in [0.2, 0.25) is 0 Å². The molecule has 0 unspecified atom stereocenters. The minimum absolute atomic E-state index is 0. The number of rotatable bonds is 4. The fourth-order valence-corrected chi connectivity index (χ4v) is 5.06. The third-order valence-electron chi connectivity index (χ3n) is 4.79. The van der Waals surface area contributed by atoms with Gasteiger partial charge in [0.15, 0.2) is 0 Å². The predicted molar refractivity (Wildman–Crippen MR) is 106 cm³/mol. The molecule has 1 aliphatic heterocycles. The molecule has 2 N–H and O–H groups in total. The van der Waals surface area contributed by atoms with E-state index in [0.29, 0.717) is 12.1 Å². The van der Waals surface area contributed by atoms with Crippen molar-refractivity contribution in [3.63, 3.8) is 0 Å². The van der Waals surface area contributed by atoms with Gasteiger partial charge < -0.3 is 10.5 Å². The molecule has 2 aromatic carbocycles.